The van der Waals surface area contributed by atoms with Crippen molar-refractivity contribution >= 4 is 5.97 Å². The third-order valence-corrected chi connectivity index (χ3v) is 5.20. The fourth-order valence-electron chi connectivity index (χ4n) is 3.82. The molecule has 10 heteroatoms. The van der Waals surface area contributed by atoms with Crippen molar-refractivity contribution in [3.8, 4) is 0 Å². The number of hydrogen-bond acceptors (Lipinski definition) is 3. The molecule has 1 saturated carbocycles. The Hall–Kier alpha value is -2.10. The SMILES string of the molecule is COCc1c(F)c(F)c(C2(C(=O)OC)C(C=CC(F)(F)F)C2(C)C)c(F)c1F. The number of methoxy groups -OCH3 is 2. The van der Waals surface area contributed by atoms with E-state index in [0.29, 0.717) is 6.08 Å². The molecule has 0 aromatic heterocycles. The third kappa shape index (κ3) is 3.07. The van der Waals surface area contributed by atoms with Crippen LogP contribution >= 0.6 is 0 Å². The van der Waals surface area contributed by atoms with Crippen molar-refractivity contribution in [2.75, 3.05) is 14.2 Å². The first kappa shape index (κ1) is 22.2. The van der Waals surface area contributed by atoms with Gasteiger partial charge in [0.05, 0.1) is 19.3 Å². The maximum absolute atomic E-state index is 14.8. The summed E-state index contributed by atoms with van der Waals surface area (Å²) >= 11 is 0. The summed E-state index contributed by atoms with van der Waals surface area (Å²) in [5, 5.41) is 0. The minimum atomic E-state index is -4.77. The number of carbonyl (C=O) groups excluding carboxylic acids is 1. The third-order valence-electron chi connectivity index (χ3n) is 5.20. The van der Waals surface area contributed by atoms with Gasteiger partial charge in [-0.15, -0.1) is 0 Å². The summed E-state index contributed by atoms with van der Waals surface area (Å²) in [4.78, 5) is 12.4. The second-order valence-electron chi connectivity index (χ2n) is 6.94. The molecule has 2 rings (SSSR count). The van der Waals surface area contributed by atoms with Gasteiger partial charge >= 0.3 is 12.1 Å². The van der Waals surface area contributed by atoms with Crippen LogP contribution in [-0.2, 0) is 26.3 Å². The van der Waals surface area contributed by atoms with Gasteiger partial charge in [0.25, 0.3) is 0 Å². The Balaban J connectivity index is 2.80. The van der Waals surface area contributed by atoms with Crippen LogP contribution in [0.2, 0.25) is 0 Å². The maximum Gasteiger partial charge on any atom is 0.409 e. The molecule has 1 aliphatic carbocycles. The van der Waals surface area contributed by atoms with Crippen LogP contribution in [0.15, 0.2) is 12.2 Å². The van der Waals surface area contributed by atoms with Crippen LogP contribution in [0.1, 0.15) is 25.0 Å². The van der Waals surface area contributed by atoms with Gasteiger partial charge in [-0.2, -0.15) is 13.2 Å². The summed E-state index contributed by atoms with van der Waals surface area (Å²) in [5.74, 6) is -10.1. The molecule has 2 atom stereocenters. The van der Waals surface area contributed by atoms with Gasteiger partial charge < -0.3 is 9.47 Å². The van der Waals surface area contributed by atoms with Crippen LogP contribution < -0.4 is 0 Å². The Morgan fingerprint density at radius 1 is 1.04 bits per heavy atom. The van der Waals surface area contributed by atoms with E-state index in [2.05, 4.69) is 9.47 Å². The molecule has 156 valence electrons. The Kier molecular flexibility index (Phi) is 5.59. The van der Waals surface area contributed by atoms with Gasteiger partial charge in [0, 0.05) is 24.7 Å². The van der Waals surface area contributed by atoms with E-state index in [9.17, 15) is 35.5 Å². The number of halogens is 7. The van der Waals surface area contributed by atoms with Crippen LogP contribution in [0.25, 0.3) is 0 Å². The zero-order valence-corrected chi connectivity index (χ0v) is 15.3. The molecule has 0 saturated heterocycles. The van der Waals surface area contributed by atoms with E-state index in [1.807, 2.05) is 0 Å². The van der Waals surface area contributed by atoms with Gasteiger partial charge in [0.1, 0.15) is 5.41 Å². The van der Waals surface area contributed by atoms with Gasteiger partial charge in [0.15, 0.2) is 23.3 Å². The number of alkyl halides is 3. The van der Waals surface area contributed by atoms with Crippen LogP contribution in [-0.4, -0.2) is 26.4 Å². The molecule has 0 bridgehead atoms. The van der Waals surface area contributed by atoms with Gasteiger partial charge in [-0.25, -0.2) is 17.6 Å². The summed E-state index contributed by atoms with van der Waals surface area (Å²) in [7, 11) is 1.89. The number of allylic oxidation sites excluding steroid dienone is 2. The van der Waals surface area contributed by atoms with Gasteiger partial charge in [-0.3, -0.25) is 4.79 Å². The fraction of sp³-hybridized carbons (Fsp3) is 0.500. The quantitative estimate of drug-likeness (QED) is 0.306. The lowest BCUT2D eigenvalue weighted by Gasteiger charge is -2.21. The molecular formula is C18H17F7O3. The lowest BCUT2D eigenvalue weighted by atomic mass is 9.85. The van der Waals surface area contributed by atoms with Crippen LogP contribution in [0, 0.1) is 34.6 Å². The molecule has 0 radical (unpaired) electrons. The van der Waals surface area contributed by atoms with Gasteiger partial charge in [-0.05, 0) is 5.41 Å². The predicted octanol–water partition coefficient (Wildman–Crippen LogP) is 4.57. The Morgan fingerprint density at radius 2 is 1.54 bits per heavy atom. The van der Waals surface area contributed by atoms with Gasteiger partial charge in [-0.1, -0.05) is 19.9 Å². The van der Waals surface area contributed by atoms with E-state index in [1.165, 1.54) is 13.8 Å². The number of carbonyl (C=O) groups is 1. The first-order valence-corrected chi connectivity index (χ1v) is 7.97. The smallest absolute Gasteiger partial charge is 0.409 e. The van der Waals surface area contributed by atoms with Gasteiger partial charge in [0.2, 0.25) is 0 Å². The highest BCUT2D eigenvalue weighted by Gasteiger charge is 2.78. The minimum absolute atomic E-state index is 0.202. The topological polar surface area (TPSA) is 35.5 Å². The molecule has 0 N–H and O–H groups in total. The number of benzene rings is 1. The summed E-state index contributed by atoms with van der Waals surface area (Å²) in [6.45, 7) is 1.69. The van der Waals surface area contributed by atoms with Crippen molar-refractivity contribution in [3.63, 3.8) is 0 Å². The van der Waals surface area contributed by atoms with Crippen molar-refractivity contribution in [2.45, 2.75) is 32.0 Å². The Morgan fingerprint density at radius 3 is 1.93 bits per heavy atom. The molecule has 1 aromatic rings. The molecule has 0 amide bonds. The largest absolute Gasteiger partial charge is 0.468 e. The average molecular weight is 414 g/mol. The number of esters is 1. The average Bonchev–Trinajstić information content (AvgIpc) is 3.09. The van der Waals surface area contributed by atoms with Crippen molar-refractivity contribution in [1.29, 1.82) is 0 Å². The van der Waals surface area contributed by atoms with E-state index in [4.69, 9.17) is 0 Å². The number of rotatable bonds is 5. The highest BCUT2D eigenvalue weighted by molar-refractivity contribution is 5.90. The summed E-state index contributed by atoms with van der Waals surface area (Å²) in [6.07, 6.45) is -4.43. The van der Waals surface area contributed by atoms with Crippen LogP contribution in [0.5, 0.6) is 0 Å². The summed E-state index contributed by atoms with van der Waals surface area (Å²) < 4.78 is 105. The molecule has 0 heterocycles. The lowest BCUT2D eigenvalue weighted by Crippen LogP contribution is -2.32. The first-order chi connectivity index (χ1) is 12.8. The normalized spacial score (nSPS) is 23.9. The maximum atomic E-state index is 14.8. The molecule has 3 nitrogen and oxygen atoms in total. The summed E-state index contributed by atoms with van der Waals surface area (Å²) in [5.41, 5.74) is -6.26. The fourth-order valence-corrected chi connectivity index (χ4v) is 3.82. The number of ether oxygens (including phenoxy) is 2. The van der Waals surface area contributed by atoms with Crippen LogP contribution in [0.3, 0.4) is 0 Å². The monoisotopic (exact) mass is 414 g/mol. The molecular weight excluding hydrogens is 397 g/mol. The molecule has 2 unspecified atom stereocenters. The highest BCUT2D eigenvalue weighted by Crippen LogP contribution is 2.71. The first-order valence-electron chi connectivity index (χ1n) is 7.97. The van der Waals surface area contributed by atoms with Crippen molar-refractivity contribution in [3.05, 3.63) is 46.5 Å². The van der Waals surface area contributed by atoms with Crippen molar-refractivity contribution in [2.24, 2.45) is 11.3 Å². The molecule has 1 aromatic carbocycles. The molecule has 28 heavy (non-hydrogen) atoms. The van der Waals surface area contributed by atoms with E-state index in [-0.39, 0.29) is 6.08 Å². The second-order valence-corrected chi connectivity index (χ2v) is 6.94. The Labute approximate surface area is 156 Å². The minimum Gasteiger partial charge on any atom is -0.468 e. The van der Waals surface area contributed by atoms with Crippen molar-refractivity contribution < 1.29 is 45.0 Å². The zero-order valence-electron chi connectivity index (χ0n) is 15.3. The molecule has 0 aliphatic heterocycles. The zero-order chi connectivity index (χ0) is 21.7. The second kappa shape index (κ2) is 7.06. The number of hydrogen-bond donors (Lipinski definition) is 0. The molecule has 1 aliphatic rings. The molecule has 1 fully saturated rings. The van der Waals surface area contributed by atoms with E-state index in [0.717, 1.165) is 14.2 Å². The van der Waals surface area contributed by atoms with E-state index in [1.54, 1.807) is 0 Å². The van der Waals surface area contributed by atoms with E-state index < -0.39 is 69.9 Å². The molecule has 0 spiro atoms. The standard InChI is InChI=1S/C18H17F7O3/c1-16(2)9(5-6-17(23,24)25)18(16,15(26)28-4)10-13(21)11(19)8(7-27-3)12(20)14(10)22/h5-6,9H,7H2,1-4H3. The van der Waals surface area contributed by atoms with Crippen molar-refractivity contribution in [1.82, 2.24) is 0 Å². The summed E-state index contributed by atoms with van der Waals surface area (Å²) in [6, 6.07) is 0. The van der Waals surface area contributed by atoms with E-state index >= 15 is 0 Å². The highest BCUT2D eigenvalue weighted by atomic mass is 19.4. The lowest BCUT2D eigenvalue weighted by molar-refractivity contribution is -0.145. The predicted molar refractivity (Wildman–Crippen MR) is 83.1 cm³/mol. The Bertz CT molecular complexity index is 800. The van der Waals surface area contributed by atoms with Crippen LogP contribution in [0.4, 0.5) is 30.7 Å².